The second kappa shape index (κ2) is 5.52. The summed E-state index contributed by atoms with van der Waals surface area (Å²) < 4.78 is 13.3. The van der Waals surface area contributed by atoms with E-state index in [-0.39, 0.29) is 17.4 Å². The molecule has 21 heavy (non-hydrogen) atoms. The number of rotatable bonds is 3. The number of fused-ring (bicyclic) bond motifs is 1. The second-order valence-corrected chi connectivity index (χ2v) is 5.27. The molecule has 1 aliphatic carbocycles. The Morgan fingerprint density at radius 2 is 1.95 bits per heavy atom. The van der Waals surface area contributed by atoms with Crippen LogP contribution in [0.15, 0.2) is 42.5 Å². The largest absolute Gasteiger partial charge is 0.376 e. The Bertz CT molecular complexity index is 688. The van der Waals surface area contributed by atoms with Crippen molar-refractivity contribution in [2.24, 2.45) is 0 Å². The van der Waals surface area contributed by atoms with E-state index in [1.807, 2.05) is 12.1 Å². The summed E-state index contributed by atoms with van der Waals surface area (Å²) in [6, 6.07) is 11.8. The lowest BCUT2D eigenvalue weighted by Crippen LogP contribution is -2.27. The molecular weight excluding hydrogens is 271 g/mol. The minimum atomic E-state index is -0.488. The number of anilines is 1. The van der Waals surface area contributed by atoms with E-state index in [9.17, 15) is 14.5 Å². The molecule has 0 aromatic heterocycles. The van der Waals surface area contributed by atoms with Gasteiger partial charge in [-0.1, -0.05) is 24.3 Å². The van der Waals surface area contributed by atoms with Crippen molar-refractivity contribution < 1.29 is 9.31 Å². The summed E-state index contributed by atoms with van der Waals surface area (Å²) in [5.74, 6) is -0.473. The van der Waals surface area contributed by atoms with Crippen LogP contribution in [0.1, 0.15) is 17.5 Å². The van der Waals surface area contributed by atoms with Crippen LogP contribution in [0, 0.1) is 15.9 Å². The first kappa shape index (κ1) is 13.5. The van der Waals surface area contributed by atoms with Crippen molar-refractivity contribution in [3.05, 3.63) is 69.5 Å². The summed E-state index contributed by atoms with van der Waals surface area (Å²) in [4.78, 5) is 10.5. The second-order valence-electron chi connectivity index (χ2n) is 5.27. The van der Waals surface area contributed by atoms with Crippen LogP contribution in [0.3, 0.4) is 0 Å². The minimum absolute atomic E-state index is 0.0837. The first-order valence-electron chi connectivity index (χ1n) is 6.91. The molecule has 1 atom stereocenters. The Balaban J connectivity index is 1.82. The van der Waals surface area contributed by atoms with Crippen LogP contribution in [-0.4, -0.2) is 11.0 Å². The molecule has 108 valence electrons. The molecule has 1 N–H and O–H groups in total. The van der Waals surface area contributed by atoms with Gasteiger partial charge in [0.15, 0.2) is 0 Å². The highest BCUT2D eigenvalue weighted by molar-refractivity contribution is 5.62. The lowest BCUT2D eigenvalue weighted by molar-refractivity contribution is -0.384. The van der Waals surface area contributed by atoms with E-state index in [2.05, 4.69) is 17.4 Å². The molecule has 0 fully saturated rings. The van der Waals surface area contributed by atoms with Crippen LogP contribution < -0.4 is 5.32 Å². The van der Waals surface area contributed by atoms with Gasteiger partial charge in [0.1, 0.15) is 11.5 Å². The lowest BCUT2D eigenvalue weighted by atomic mass is 9.88. The van der Waals surface area contributed by atoms with E-state index in [0.717, 1.165) is 25.3 Å². The third-order valence-corrected chi connectivity index (χ3v) is 3.86. The molecule has 2 aromatic carbocycles. The van der Waals surface area contributed by atoms with Crippen molar-refractivity contribution in [3.63, 3.8) is 0 Å². The average Bonchev–Trinajstić information content (AvgIpc) is 2.47. The fraction of sp³-hybridized carbons (Fsp3) is 0.250. The van der Waals surface area contributed by atoms with Gasteiger partial charge in [0.05, 0.1) is 4.92 Å². The maximum atomic E-state index is 13.3. The monoisotopic (exact) mass is 286 g/mol. The van der Waals surface area contributed by atoms with Gasteiger partial charge in [0.2, 0.25) is 0 Å². The molecule has 0 saturated carbocycles. The van der Waals surface area contributed by atoms with Gasteiger partial charge in [-0.2, -0.15) is 0 Å². The van der Waals surface area contributed by atoms with Gasteiger partial charge in [-0.05, 0) is 36.5 Å². The summed E-state index contributed by atoms with van der Waals surface area (Å²) in [5, 5.41) is 14.1. The van der Waals surface area contributed by atoms with Crippen molar-refractivity contribution in [1.82, 2.24) is 0 Å². The molecule has 0 heterocycles. The van der Waals surface area contributed by atoms with Crippen molar-refractivity contribution in [2.45, 2.75) is 25.3 Å². The number of nitrogens with one attached hydrogen (secondary N) is 1. The average molecular weight is 286 g/mol. The SMILES string of the molecule is O=[N+]([O-])c1ccc(F)cc1NC1CCc2ccccc2C1. The predicted octanol–water partition coefficient (Wildman–Crippen LogP) is 3.70. The first-order chi connectivity index (χ1) is 10.1. The Morgan fingerprint density at radius 3 is 2.71 bits per heavy atom. The summed E-state index contributed by atoms with van der Waals surface area (Å²) in [6.07, 6.45) is 2.60. The normalized spacial score (nSPS) is 17.1. The van der Waals surface area contributed by atoms with Crippen LogP contribution in [-0.2, 0) is 12.8 Å². The fourth-order valence-electron chi connectivity index (χ4n) is 2.82. The summed E-state index contributed by atoms with van der Waals surface area (Å²) in [7, 11) is 0. The number of nitro groups is 1. The third kappa shape index (κ3) is 2.86. The zero-order valence-corrected chi connectivity index (χ0v) is 11.4. The molecule has 1 unspecified atom stereocenters. The molecule has 4 nitrogen and oxygen atoms in total. The highest BCUT2D eigenvalue weighted by Crippen LogP contribution is 2.29. The van der Waals surface area contributed by atoms with E-state index < -0.39 is 10.7 Å². The highest BCUT2D eigenvalue weighted by atomic mass is 19.1. The van der Waals surface area contributed by atoms with Crippen molar-refractivity contribution in [2.75, 3.05) is 5.32 Å². The zero-order chi connectivity index (χ0) is 14.8. The number of nitro benzene ring substituents is 1. The van der Waals surface area contributed by atoms with E-state index in [4.69, 9.17) is 0 Å². The number of aryl methyl sites for hydroxylation is 1. The number of hydrogen-bond donors (Lipinski definition) is 1. The molecule has 5 heteroatoms. The zero-order valence-electron chi connectivity index (χ0n) is 11.4. The van der Waals surface area contributed by atoms with Crippen LogP contribution >= 0.6 is 0 Å². The molecule has 0 amide bonds. The van der Waals surface area contributed by atoms with E-state index in [1.165, 1.54) is 23.3 Å². The van der Waals surface area contributed by atoms with Crippen LogP contribution in [0.25, 0.3) is 0 Å². The van der Waals surface area contributed by atoms with Crippen molar-refractivity contribution >= 4 is 11.4 Å². The fourth-order valence-corrected chi connectivity index (χ4v) is 2.82. The van der Waals surface area contributed by atoms with Gasteiger partial charge in [-0.15, -0.1) is 0 Å². The van der Waals surface area contributed by atoms with Gasteiger partial charge < -0.3 is 5.32 Å². The smallest absolute Gasteiger partial charge is 0.292 e. The predicted molar refractivity (Wildman–Crippen MR) is 78.9 cm³/mol. The molecule has 1 aliphatic rings. The molecular formula is C16H15FN2O2. The van der Waals surface area contributed by atoms with Gasteiger partial charge in [0, 0.05) is 18.2 Å². The molecule has 0 bridgehead atoms. The highest BCUT2D eigenvalue weighted by Gasteiger charge is 2.22. The van der Waals surface area contributed by atoms with Crippen molar-refractivity contribution in [1.29, 1.82) is 0 Å². The number of hydrogen-bond acceptors (Lipinski definition) is 3. The Kier molecular flexibility index (Phi) is 3.56. The molecule has 0 aliphatic heterocycles. The summed E-state index contributed by atoms with van der Waals surface area (Å²) in [5.41, 5.74) is 2.74. The standard InChI is InChI=1S/C16H15FN2O2/c17-13-6-8-16(19(20)21)15(10-13)18-14-7-5-11-3-1-2-4-12(11)9-14/h1-4,6,8,10,14,18H,5,7,9H2. The van der Waals surface area contributed by atoms with E-state index >= 15 is 0 Å². The Labute approximate surface area is 121 Å². The summed E-state index contributed by atoms with van der Waals surface area (Å²) >= 11 is 0. The van der Waals surface area contributed by atoms with Gasteiger partial charge in [-0.3, -0.25) is 10.1 Å². The number of nitrogens with zero attached hydrogens (tertiary/aromatic N) is 1. The Hall–Kier alpha value is -2.43. The van der Waals surface area contributed by atoms with Crippen LogP contribution in [0.2, 0.25) is 0 Å². The quantitative estimate of drug-likeness (QED) is 0.691. The maximum Gasteiger partial charge on any atom is 0.292 e. The maximum absolute atomic E-state index is 13.3. The molecule has 2 aromatic rings. The number of benzene rings is 2. The molecule has 0 spiro atoms. The van der Waals surface area contributed by atoms with Crippen LogP contribution in [0.4, 0.5) is 15.8 Å². The minimum Gasteiger partial charge on any atom is -0.376 e. The Morgan fingerprint density at radius 1 is 1.19 bits per heavy atom. The molecule has 0 saturated heterocycles. The topological polar surface area (TPSA) is 55.2 Å². The third-order valence-electron chi connectivity index (χ3n) is 3.86. The van der Waals surface area contributed by atoms with Gasteiger partial charge in [0.25, 0.3) is 5.69 Å². The number of halogens is 1. The van der Waals surface area contributed by atoms with E-state index in [0.29, 0.717) is 0 Å². The summed E-state index contributed by atoms with van der Waals surface area (Å²) in [6.45, 7) is 0. The van der Waals surface area contributed by atoms with Crippen LogP contribution in [0.5, 0.6) is 0 Å². The molecule has 0 radical (unpaired) electrons. The van der Waals surface area contributed by atoms with Gasteiger partial charge in [-0.25, -0.2) is 4.39 Å². The van der Waals surface area contributed by atoms with E-state index in [1.54, 1.807) is 0 Å². The van der Waals surface area contributed by atoms with Crippen molar-refractivity contribution in [3.8, 4) is 0 Å². The first-order valence-corrected chi connectivity index (χ1v) is 6.91. The van der Waals surface area contributed by atoms with Gasteiger partial charge >= 0.3 is 0 Å². The lowest BCUT2D eigenvalue weighted by Gasteiger charge is -2.26. The molecule has 3 rings (SSSR count).